The largest absolute Gasteiger partial charge is 0.495 e. The summed E-state index contributed by atoms with van der Waals surface area (Å²) in [5.74, 6) is 0.550. The SMILES string of the molecule is COc1cc(N2CC(C)N(C(C=O)n3nc(C(F)(F)F)c(Cl)c3C)CC2C)ccc1Cl. The average Bonchev–Trinajstić information content (AvgIpc) is 3.01. The number of ether oxygens (including phenoxy) is 1. The number of piperazine rings is 1. The van der Waals surface area contributed by atoms with Gasteiger partial charge in [-0.15, -0.1) is 0 Å². The van der Waals surface area contributed by atoms with Crippen LogP contribution in [0, 0.1) is 6.92 Å². The second-order valence-corrected chi connectivity index (χ2v) is 8.39. The van der Waals surface area contributed by atoms with E-state index in [4.69, 9.17) is 27.9 Å². The van der Waals surface area contributed by atoms with Gasteiger partial charge in [-0.25, -0.2) is 4.68 Å². The molecule has 0 amide bonds. The van der Waals surface area contributed by atoms with Crippen molar-refractivity contribution in [2.75, 3.05) is 25.1 Å². The zero-order valence-electron chi connectivity index (χ0n) is 17.5. The molecule has 170 valence electrons. The minimum absolute atomic E-state index is 0.0436. The van der Waals surface area contributed by atoms with Gasteiger partial charge in [-0.2, -0.15) is 18.3 Å². The third kappa shape index (κ3) is 4.49. The summed E-state index contributed by atoms with van der Waals surface area (Å²) in [5, 5.41) is 3.64. The lowest BCUT2D eigenvalue weighted by molar-refractivity contribution is -0.142. The van der Waals surface area contributed by atoms with Crippen molar-refractivity contribution in [3.05, 3.63) is 39.6 Å². The van der Waals surface area contributed by atoms with Crippen molar-refractivity contribution in [2.24, 2.45) is 0 Å². The molecule has 2 heterocycles. The van der Waals surface area contributed by atoms with E-state index in [1.54, 1.807) is 6.07 Å². The van der Waals surface area contributed by atoms with E-state index in [-0.39, 0.29) is 17.8 Å². The lowest BCUT2D eigenvalue weighted by Crippen LogP contribution is -2.58. The van der Waals surface area contributed by atoms with Crippen molar-refractivity contribution in [1.29, 1.82) is 0 Å². The molecule has 31 heavy (non-hydrogen) atoms. The molecule has 2 aromatic rings. The molecule has 1 aromatic carbocycles. The molecule has 0 N–H and O–H groups in total. The first-order valence-electron chi connectivity index (χ1n) is 9.62. The number of rotatable bonds is 5. The molecule has 1 saturated heterocycles. The number of hydrogen-bond acceptors (Lipinski definition) is 5. The van der Waals surface area contributed by atoms with Gasteiger partial charge >= 0.3 is 6.18 Å². The lowest BCUT2D eigenvalue weighted by Gasteiger charge is -2.47. The summed E-state index contributed by atoms with van der Waals surface area (Å²) >= 11 is 12.0. The fraction of sp³-hybridized carbons (Fsp3) is 0.500. The van der Waals surface area contributed by atoms with Crippen molar-refractivity contribution >= 4 is 35.2 Å². The summed E-state index contributed by atoms with van der Waals surface area (Å²) in [5.41, 5.74) is -0.192. The van der Waals surface area contributed by atoms with Gasteiger partial charge in [-0.3, -0.25) is 9.69 Å². The van der Waals surface area contributed by atoms with E-state index in [2.05, 4.69) is 10.00 Å². The van der Waals surface area contributed by atoms with Crippen molar-refractivity contribution in [2.45, 2.75) is 45.2 Å². The number of anilines is 1. The van der Waals surface area contributed by atoms with Crippen LogP contribution in [0.25, 0.3) is 0 Å². The number of aldehydes is 1. The number of alkyl halides is 3. The van der Waals surface area contributed by atoms with E-state index < -0.39 is 23.1 Å². The molecule has 1 aliphatic rings. The molecule has 0 saturated carbocycles. The fourth-order valence-electron chi connectivity index (χ4n) is 3.92. The third-order valence-electron chi connectivity index (χ3n) is 5.56. The molecule has 1 fully saturated rings. The Hall–Kier alpha value is -1.97. The van der Waals surface area contributed by atoms with Crippen LogP contribution in [0.4, 0.5) is 18.9 Å². The summed E-state index contributed by atoms with van der Waals surface area (Å²) in [6.45, 7) is 6.27. The zero-order chi connectivity index (χ0) is 23.1. The van der Waals surface area contributed by atoms with Gasteiger partial charge in [0, 0.05) is 36.9 Å². The van der Waals surface area contributed by atoms with Crippen molar-refractivity contribution in [3.63, 3.8) is 0 Å². The van der Waals surface area contributed by atoms with Crippen LogP contribution in [0.1, 0.15) is 31.4 Å². The molecule has 0 aliphatic carbocycles. The van der Waals surface area contributed by atoms with E-state index in [1.165, 1.54) is 14.0 Å². The Bertz CT molecular complexity index is 967. The van der Waals surface area contributed by atoms with Gasteiger partial charge in [0.05, 0.1) is 22.8 Å². The molecule has 11 heteroatoms. The molecule has 3 atom stereocenters. The number of carbonyl (C=O) groups excluding carboxylic acids is 1. The van der Waals surface area contributed by atoms with E-state index in [0.29, 0.717) is 30.1 Å². The number of hydrogen-bond donors (Lipinski definition) is 0. The van der Waals surface area contributed by atoms with Crippen LogP contribution >= 0.6 is 23.2 Å². The summed E-state index contributed by atoms with van der Waals surface area (Å²) in [6, 6.07) is 5.27. The topological polar surface area (TPSA) is 50.6 Å². The summed E-state index contributed by atoms with van der Waals surface area (Å²) in [4.78, 5) is 16.0. The quantitative estimate of drug-likeness (QED) is 0.576. The smallest absolute Gasteiger partial charge is 0.436 e. The average molecular weight is 479 g/mol. The number of nitrogens with zero attached hydrogens (tertiary/aromatic N) is 4. The van der Waals surface area contributed by atoms with Crippen molar-refractivity contribution in [1.82, 2.24) is 14.7 Å². The summed E-state index contributed by atoms with van der Waals surface area (Å²) in [6.07, 6.45) is -5.11. The first-order chi connectivity index (χ1) is 14.5. The van der Waals surface area contributed by atoms with Gasteiger partial charge in [-0.05, 0) is 32.9 Å². The Kier molecular flexibility index (Phi) is 6.78. The van der Waals surface area contributed by atoms with Crippen LogP contribution in [0.3, 0.4) is 0 Å². The second kappa shape index (κ2) is 8.88. The Morgan fingerprint density at radius 3 is 2.45 bits per heavy atom. The maximum Gasteiger partial charge on any atom is 0.436 e. The predicted molar refractivity (Wildman–Crippen MR) is 113 cm³/mol. The Morgan fingerprint density at radius 1 is 1.23 bits per heavy atom. The molecular formula is C20H23Cl2F3N4O2. The standard InChI is InChI=1S/C20H23Cl2F3N4O2/c1-11-9-28(12(2)8-27(11)14-5-6-15(21)16(7-14)31-4)17(10-30)29-13(3)18(22)19(26-29)20(23,24)25/h5-7,10-12,17H,8-9H2,1-4H3. The molecule has 0 bridgehead atoms. The van der Waals surface area contributed by atoms with Gasteiger partial charge in [0.15, 0.2) is 18.1 Å². The first-order valence-corrected chi connectivity index (χ1v) is 10.4. The van der Waals surface area contributed by atoms with Crippen molar-refractivity contribution in [3.8, 4) is 5.75 Å². The van der Waals surface area contributed by atoms with Crippen LogP contribution in [-0.2, 0) is 11.0 Å². The molecular weight excluding hydrogens is 456 g/mol. The Morgan fingerprint density at radius 2 is 1.90 bits per heavy atom. The van der Waals surface area contributed by atoms with Gasteiger partial charge in [0.2, 0.25) is 0 Å². The number of aromatic nitrogens is 2. The van der Waals surface area contributed by atoms with Gasteiger partial charge in [0.25, 0.3) is 0 Å². The molecule has 0 radical (unpaired) electrons. The third-order valence-corrected chi connectivity index (χ3v) is 6.32. The second-order valence-electron chi connectivity index (χ2n) is 7.61. The number of halogens is 5. The highest BCUT2D eigenvalue weighted by Gasteiger charge is 2.41. The van der Waals surface area contributed by atoms with Crippen LogP contribution in [0.2, 0.25) is 10.0 Å². The highest BCUT2D eigenvalue weighted by atomic mass is 35.5. The van der Waals surface area contributed by atoms with Gasteiger partial charge in [0.1, 0.15) is 5.75 Å². The van der Waals surface area contributed by atoms with E-state index in [9.17, 15) is 18.0 Å². The van der Waals surface area contributed by atoms with E-state index >= 15 is 0 Å². The molecule has 3 rings (SSSR count). The summed E-state index contributed by atoms with van der Waals surface area (Å²) in [7, 11) is 1.54. The fourth-order valence-corrected chi connectivity index (χ4v) is 4.35. The molecule has 0 spiro atoms. The number of benzene rings is 1. The van der Waals surface area contributed by atoms with E-state index in [1.807, 2.05) is 30.9 Å². The highest BCUT2D eigenvalue weighted by Crippen LogP contribution is 2.37. The summed E-state index contributed by atoms with van der Waals surface area (Å²) < 4.78 is 46.0. The molecule has 1 aliphatic heterocycles. The zero-order valence-corrected chi connectivity index (χ0v) is 19.0. The lowest BCUT2D eigenvalue weighted by atomic mass is 10.1. The maximum atomic E-state index is 13.2. The molecule has 6 nitrogen and oxygen atoms in total. The van der Waals surface area contributed by atoms with Crippen LogP contribution in [0.5, 0.6) is 5.75 Å². The minimum Gasteiger partial charge on any atom is -0.495 e. The predicted octanol–water partition coefficient (Wildman–Crippen LogP) is 4.82. The van der Waals surface area contributed by atoms with Crippen LogP contribution in [0.15, 0.2) is 18.2 Å². The molecule has 1 aromatic heterocycles. The Labute approximate surface area is 188 Å². The van der Waals surface area contributed by atoms with Gasteiger partial charge in [-0.1, -0.05) is 23.2 Å². The van der Waals surface area contributed by atoms with Crippen LogP contribution < -0.4 is 9.64 Å². The number of methoxy groups -OCH3 is 1. The monoisotopic (exact) mass is 478 g/mol. The first kappa shape index (κ1) is 23.7. The van der Waals surface area contributed by atoms with Gasteiger partial charge < -0.3 is 9.64 Å². The van der Waals surface area contributed by atoms with Crippen molar-refractivity contribution < 1.29 is 22.7 Å². The van der Waals surface area contributed by atoms with Crippen LogP contribution in [-0.4, -0.2) is 53.2 Å². The Balaban J connectivity index is 1.89. The minimum atomic E-state index is -4.70. The normalized spacial score (nSPS) is 21.3. The molecule has 3 unspecified atom stereocenters. The van der Waals surface area contributed by atoms with E-state index in [0.717, 1.165) is 10.4 Å². The maximum absolute atomic E-state index is 13.2. The number of carbonyl (C=O) groups is 1. The highest BCUT2D eigenvalue weighted by molar-refractivity contribution is 6.32.